The zero-order chi connectivity index (χ0) is 13.6. The molecule has 0 aliphatic heterocycles. The zero-order valence-corrected chi connectivity index (χ0v) is 11.5. The number of hydrogen-bond acceptors (Lipinski definition) is 1. The molecule has 1 aromatic carbocycles. The van der Waals surface area contributed by atoms with Gasteiger partial charge in [0.2, 0.25) is 0 Å². The van der Waals surface area contributed by atoms with Gasteiger partial charge in [-0.05, 0) is 37.5 Å². The highest BCUT2D eigenvalue weighted by molar-refractivity contribution is 6.37. The predicted octanol–water partition coefficient (Wildman–Crippen LogP) is 4.29. The second-order valence-corrected chi connectivity index (χ2v) is 5.53. The quantitative estimate of drug-likeness (QED) is 0.835. The second-order valence-electron chi connectivity index (χ2n) is 4.71. The van der Waals surface area contributed by atoms with Crippen LogP contribution in [0.3, 0.4) is 0 Å². The van der Waals surface area contributed by atoms with Crippen molar-refractivity contribution in [1.82, 2.24) is 4.57 Å². The fourth-order valence-electron chi connectivity index (χ4n) is 2.64. The van der Waals surface area contributed by atoms with Gasteiger partial charge < -0.3 is 9.67 Å². The molecule has 0 spiro atoms. The number of benzene rings is 1. The Morgan fingerprint density at radius 3 is 2.63 bits per heavy atom. The molecule has 1 aromatic heterocycles. The minimum absolute atomic E-state index is 0.267. The Hall–Kier alpha value is -1.03. The van der Waals surface area contributed by atoms with Crippen LogP contribution in [0.5, 0.6) is 0 Å². The molecular weight excluding hydrogens is 288 g/mol. The highest BCUT2D eigenvalue weighted by Gasteiger charge is 2.23. The number of rotatable bonds is 1. The van der Waals surface area contributed by atoms with E-state index in [2.05, 4.69) is 0 Å². The molecule has 2 nitrogen and oxygen atoms in total. The molecule has 2 aromatic rings. The van der Waals surface area contributed by atoms with E-state index < -0.39 is 11.9 Å². The van der Waals surface area contributed by atoms with Gasteiger partial charge in [-0.2, -0.15) is 0 Å². The van der Waals surface area contributed by atoms with Crippen molar-refractivity contribution in [2.45, 2.75) is 25.4 Å². The standard InChI is InChI=1S/C14H12Cl2FNO/c15-10-6-8(17)7-11(16)14(10)18-5-4-9-12(18)2-1-3-13(9)19/h4-7,13,19H,1-3H2. The van der Waals surface area contributed by atoms with E-state index in [1.807, 2.05) is 16.8 Å². The lowest BCUT2D eigenvalue weighted by atomic mass is 9.95. The summed E-state index contributed by atoms with van der Waals surface area (Å²) in [5, 5.41) is 10.5. The minimum Gasteiger partial charge on any atom is -0.388 e. The summed E-state index contributed by atoms with van der Waals surface area (Å²) in [6, 6.07) is 4.36. The van der Waals surface area contributed by atoms with Crippen LogP contribution in [0.25, 0.3) is 5.69 Å². The van der Waals surface area contributed by atoms with Crippen molar-refractivity contribution < 1.29 is 9.50 Å². The van der Waals surface area contributed by atoms with E-state index in [0.717, 1.165) is 30.5 Å². The smallest absolute Gasteiger partial charge is 0.126 e. The van der Waals surface area contributed by atoms with Gasteiger partial charge in [0.05, 0.1) is 21.8 Å². The lowest BCUT2D eigenvalue weighted by molar-refractivity contribution is 0.156. The molecule has 0 fully saturated rings. The van der Waals surface area contributed by atoms with Crippen LogP contribution in [0.4, 0.5) is 4.39 Å². The van der Waals surface area contributed by atoms with E-state index in [0.29, 0.717) is 5.69 Å². The summed E-state index contributed by atoms with van der Waals surface area (Å²) in [7, 11) is 0. The maximum absolute atomic E-state index is 13.2. The van der Waals surface area contributed by atoms with Crippen LogP contribution in [-0.4, -0.2) is 9.67 Å². The Morgan fingerprint density at radius 2 is 1.95 bits per heavy atom. The first-order chi connectivity index (χ1) is 9.08. The van der Waals surface area contributed by atoms with Gasteiger partial charge in [0.25, 0.3) is 0 Å². The van der Waals surface area contributed by atoms with Gasteiger partial charge in [-0.15, -0.1) is 0 Å². The largest absolute Gasteiger partial charge is 0.388 e. The highest BCUT2D eigenvalue weighted by atomic mass is 35.5. The number of hydrogen-bond donors (Lipinski definition) is 1. The molecule has 1 N–H and O–H groups in total. The normalized spacial score (nSPS) is 18.4. The van der Waals surface area contributed by atoms with Crippen LogP contribution in [0, 0.1) is 5.82 Å². The van der Waals surface area contributed by atoms with Crippen molar-refractivity contribution in [3.05, 3.63) is 51.5 Å². The van der Waals surface area contributed by atoms with Crippen LogP contribution in [-0.2, 0) is 6.42 Å². The van der Waals surface area contributed by atoms with E-state index in [1.165, 1.54) is 12.1 Å². The molecule has 1 heterocycles. The third kappa shape index (κ3) is 2.16. The predicted molar refractivity (Wildman–Crippen MR) is 73.6 cm³/mol. The topological polar surface area (TPSA) is 25.2 Å². The Morgan fingerprint density at radius 1 is 1.26 bits per heavy atom. The Bertz CT molecular complexity index is 615. The van der Waals surface area contributed by atoms with Crippen LogP contribution in [0.2, 0.25) is 10.0 Å². The summed E-state index contributed by atoms with van der Waals surface area (Å²) in [6.45, 7) is 0. The molecule has 1 atom stereocenters. The van der Waals surface area contributed by atoms with Gasteiger partial charge in [0, 0.05) is 17.5 Å². The van der Waals surface area contributed by atoms with Crippen LogP contribution in [0.15, 0.2) is 24.4 Å². The van der Waals surface area contributed by atoms with Gasteiger partial charge in [-0.25, -0.2) is 4.39 Å². The third-order valence-electron chi connectivity index (χ3n) is 3.50. The summed E-state index contributed by atoms with van der Waals surface area (Å²) in [6.07, 6.45) is 3.91. The fraction of sp³-hybridized carbons (Fsp3) is 0.286. The van der Waals surface area contributed by atoms with E-state index in [-0.39, 0.29) is 10.0 Å². The fourth-order valence-corrected chi connectivity index (χ4v) is 3.28. The first-order valence-electron chi connectivity index (χ1n) is 6.11. The highest BCUT2D eigenvalue weighted by Crippen LogP contribution is 2.36. The van der Waals surface area contributed by atoms with Crippen molar-refractivity contribution in [2.24, 2.45) is 0 Å². The summed E-state index contributed by atoms with van der Waals surface area (Å²) >= 11 is 12.2. The molecule has 19 heavy (non-hydrogen) atoms. The average molecular weight is 300 g/mol. The van der Waals surface area contributed by atoms with Crippen molar-refractivity contribution in [1.29, 1.82) is 0 Å². The van der Waals surface area contributed by atoms with Gasteiger partial charge >= 0.3 is 0 Å². The molecule has 0 amide bonds. The lowest BCUT2D eigenvalue weighted by Gasteiger charge is -2.21. The molecule has 0 radical (unpaired) electrons. The van der Waals surface area contributed by atoms with Crippen molar-refractivity contribution in [2.75, 3.05) is 0 Å². The number of nitrogens with zero attached hydrogens (tertiary/aromatic N) is 1. The summed E-state index contributed by atoms with van der Waals surface area (Å²) in [5.41, 5.74) is 2.47. The molecule has 3 rings (SSSR count). The van der Waals surface area contributed by atoms with Crippen LogP contribution >= 0.6 is 23.2 Å². The van der Waals surface area contributed by atoms with Crippen LogP contribution in [0.1, 0.15) is 30.2 Å². The average Bonchev–Trinajstić information content (AvgIpc) is 2.73. The summed E-state index contributed by atoms with van der Waals surface area (Å²) < 4.78 is 15.1. The number of halogens is 3. The lowest BCUT2D eigenvalue weighted by Crippen LogP contribution is -2.11. The maximum Gasteiger partial charge on any atom is 0.126 e. The second kappa shape index (κ2) is 4.82. The van der Waals surface area contributed by atoms with Gasteiger partial charge in [-0.1, -0.05) is 23.2 Å². The molecule has 0 saturated heterocycles. The van der Waals surface area contributed by atoms with Crippen molar-refractivity contribution >= 4 is 23.2 Å². The third-order valence-corrected chi connectivity index (χ3v) is 4.08. The van der Waals surface area contributed by atoms with Gasteiger partial charge in [0.1, 0.15) is 5.82 Å². The number of aliphatic hydroxyl groups excluding tert-OH is 1. The Labute approximate surface area is 120 Å². The number of aliphatic hydroxyl groups is 1. The van der Waals surface area contributed by atoms with Crippen molar-refractivity contribution in [3.63, 3.8) is 0 Å². The molecule has 1 aliphatic rings. The minimum atomic E-state index is -0.459. The summed E-state index contributed by atoms with van der Waals surface area (Å²) in [4.78, 5) is 0. The summed E-state index contributed by atoms with van der Waals surface area (Å²) in [5.74, 6) is -0.459. The molecule has 1 aliphatic carbocycles. The van der Waals surface area contributed by atoms with E-state index in [1.54, 1.807) is 0 Å². The van der Waals surface area contributed by atoms with E-state index in [4.69, 9.17) is 23.2 Å². The number of fused-ring (bicyclic) bond motifs is 1. The first-order valence-corrected chi connectivity index (χ1v) is 6.86. The van der Waals surface area contributed by atoms with Crippen LogP contribution < -0.4 is 0 Å². The molecule has 100 valence electrons. The zero-order valence-electron chi connectivity index (χ0n) is 10.0. The first kappa shape index (κ1) is 13.0. The Balaban J connectivity index is 2.19. The molecule has 0 saturated carbocycles. The molecule has 5 heteroatoms. The SMILES string of the molecule is OC1CCCc2c1ccn2-c1c(Cl)cc(F)cc1Cl. The monoisotopic (exact) mass is 299 g/mol. The van der Waals surface area contributed by atoms with Gasteiger partial charge in [-0.3, -0.25) is 0 Å². The van der Waals surface area contributed by atoms with Gasteiger partial charge in [0.15, 0.2) is 0 Å². The van der Waals surface area contributed by atoms with E-state index in [9.17, 15) is 9.50 Å². The van der Waals surface area contributed by atoms with Crippen molar-refractivity contribution in [3.8, 4) is 5.69 Å². The molecular formula is C14H12Cl2FNO. The Kier molecular flexibility index (Phi) is 3.29. The molecule has 0 bridgehead atoms. The van der Waals surface area contributed by atoms with E-state index >= 15 is 0 Å². The molecule has 1 unspecified atom stereocenters. The maximum atomic E-state index is 13.2. The number of aromatic nitrogens is 1.